The van der Waals surface area contributed by atoms with Gasteiger partial charge in [-0.1, -0.05) is 42.5 Å². The zero-order valence-corrected chi connectivity index (χ0v) is 13.5. The fraction of sp³-hybridized carbons (Fsp3) is 0.467. The summed E-state index contributed by atoms with van der Waals surface area (Å²) >= 11 is 12.3. The molecule has 21 heavy (non-hydrogen) atoms. The number of benzene rings is 1. The SMILES string of the molecule is Cc1nnc(-c2cc(Cl)cc(Cl)c2N)n1C1CCCCC1. The van der Waals surface area contributed by atoms with E-state index in [2.05, 4.69) is 14.8 Å². The van der Waals surface area contributed by atoms with Gasteiger partial charge in [0.05, 0.1) is 10.7 Å². The Morgan fingerprint density at radius 2 is 1.86 bits per heavy atom. The van der Waals surface area contributed by atoms with Crippen LogP contribution < -0.4 is 5.73 Å². The maximum Gasteiger partial charge on any atom is 0.166 e. The molecule has 0 atom stereocenters. The van der Waals surface area contributed by atoms with Crippen LogP contribution in [0.1, 0.15) is 44.0 Å². The van der Waals surface area contributed by atoms with Crippen LogP contribution in [0.3, 0.4) is 0 Å². The molecule has 1 aliphatic rings. The quantitative estimate of drug-likeness (QED) is 0.818. The Bertz CT molecular complexity index is 660. The molecule has 1 fully saturated rings. The van der Waals surface area contributed by atoms with Gasteiger partial charge < -0.3 is 10.3 Å². The van der Waals surface area contributed by atoms with Crippen LogP contribution in [0.2, 0.25) is 10.0 Å². The molecule has 4 nitrogen and oxygen atoms in total. The van der Waals surface area contributed by atoms with Gasteiger partial charge in [-0.25, -0.2) is 0 Å². The van der Waals surface area contributed by atoms with E-state index in [1.54, 1.807) is 6.07 Å². The standard InChI is InChI=1S/C15H18Cl2N4/c1-9-19-20-15(21(9)11-5-3-2-4-6-11)12-7-10(16)8-13(17)14(12)18/h7-8,11H,2-6,18H2,1H3. The second kappa shape index (κ2) is 5.85. The Morgan fingerprint density at radius 3 is 2.57 bits per heavy atom. The zero-order valence-electron chi connectivity index (χ0n) is 11.9. The molecule has 0 saturated heterocycles. The topological polar surface area (TPSA) is 56.7 Å². The molecule has 1 saturated carbocycles. The molecule has 1 heterocycles. The molecule has 2 aromatic rings. The number of rotatable bonds is 2. The molecular weight excluding hydrogens is 307 g/mol. The highest BCUT2D eigenvalue weighted by Gasteiger charge is 2.23. The van der Waals surface area contributed by atoms with Crippen molar-refractivity contribution in [2.45, 2.75) is 45.1 Å². The highest BCUT2D eigenvalue weighted by Crippen LogP contribution is 2.37. The molecule has 0 aliphatic heterocycles. The molecule has 112 valence electrons. The fourth-order valence-corrected chi connectivity index (χ4v) is 3.59. The van der Waals surface area contributed by atoms with E-state index in [1.807, 2.05) is 13.0 Å². The largest absolute Gasteiger partial charge is 0.397 e. The van der Waals surface area contributed by atoms with Crippen LogP contribution in [0.4, 0.5) is 5.69 Å². The third-order valence-corrected chi connectivity index (χ3v) is 4.67. The van der Waals surface area contributed by atoms with Crippen molar-refractivity contribution in [3.05, 3.63) is 28.0 Å². The molecule has 1 aromatic heterocycles. The average molecular weight is 325 g/mol. The van der Waals surface area contributed by atoms with E-state index in [0.29, 0.717) is 21.8 Å². The van der Waals surface area contributed by atoms with Gasteiger partial charge in [0.15, 0.2) is 5.82 Å². The van der Waals surface area contributed by atoms with Gasteiger partial charge in [-0.3, -0.25) is 0 Å². The van der Waals surface area contributed by atoms with Crippen molar-refractivity contribution in [3.8, 4) is 11.4 Å². The van der Waals surface area contributed by atoms with Gasteiger partial charge in [0.1, 0.15) is 5.82 Å². The Hall–Kier alpha value is -1.26. The van der Waals surface area contributed by atoms with Crippen molar-refractivity contribution in [1.29, 1.82) is 0 Å². The summed E-state index contributed by atoms with van der Waals surface area (Å²) in [5, 5.41) is 9.57. The van der Waals surface area contributed by atoms with Crippen LogP contribution >= 0.6 is 23.2 Å². The molecule has 6 heteroatoms. The highest BCUT2D eigenvalue weighted by atomic mass is 35.5. The van der Waals surface area contributed by atoms with Crippen molar-refractivity contribution in [2.75, 3.05) is 5.73 Å². The third kappa shape index (κ3) is 2.74. The van der Waals surface area contributed by atoms with E-state index in [1.165, 1.54) is 19.3 Å². The zero-order chi connectivity index (χ0) is 15.0. The minimum absolute atomic E-state index is 0.431. The van der Waals surface area contributed by atoms with E-state index < -0.39 is 0 Å². The maximum atomic E-state index is 6.15. The van der Waals surface area contributed by atoms with Crippen LogP contribution in [0.15, 0.2) is 12.1 Å². The number of anilines is 1. The first-order chi connectivity index (χ1) is 10.1. The molecule has 2 N–H and O–H groups in total. The van der Waals surface area contributed by atoms with Crippen LogP contribution in [0.5, 0.6) is 0 Å². The molecule has 0 unspecified atom stereocenters. The van der Waals surface area contributed by atoms with Gasteiger partial charge in [-0.2, -0.15) is 0 Å². The molecule has 0 radical (unpaired) electrons. The lowest BCUT2D eigenvalue weighted by Gasteiger charge is -2.25. The van der Waals surface area contributed by atoms with Crippen LogP contribution in [-0.4, -0.2) is 14.8 Å². The van der Waals surface area contributed by atoms with Crippen LogP contribution in [0, 0.1) is 6.92 Å². The summed E-state index contributed by atoms with van der Waals surface area (Å²) in [5.74, 6) is 1.67. The van der Waals surface area contributed by atoms with Crippen molar-refractivity contribution in [1.82, 2.24) is 14.8 Å². The molecular formula is C15H18Cl2N4. The minimum Gasteiger partial charge on any atom is -0.397 e. The molecule has 0 amide bonds. The Labute approximate surface area is 134 Å². The smallest absolute Gasteiger partial charge is 0.166 e. The van der Waals surface area contributed by atoms with Crippen LogP contribution in [0.25, 0.3) is 11.4 Å². The Balaban J connectivity index is 2.11. The number of hydrogen-bond acceptors (Lipinski definition) is 3. The fourth-order valence-electron chi connectivity index (χ4n) is 3.10. The second-order valence-corrected chi connectivity index (χ2v) is 6.43. The van der Waals surface area contributed by atoms with E-state index in [9.17, 15) is 0 Å². The van der Waals surface area contributed by atoms with E-state index in [-0.39, 0.29) is 0 Å². The number of halogens is 2. The van der Waals surface area contributed by atoms with Crippen LogP contribution in [-0.2, 0) is 0 Å². The first-order valence-electron chi connectivity index (χ1n) is 7.24. The Morgan fingerprint density at radius 1 is 1.14 bits per heavy atom. The highest BCUT2D eigenvalue weighted by molar-refractivity contribution is 6.37. The normalized spacial score (nSPS) is 16.3. The number of hydrogen-bond donors (Lipinski definition) is 1. The van der Waals surface area contributed by atoms with Gasteiger partial charge >= 0.3 is 0 Å². The lowest BCUT2D eigenvalue weighted by atomic mass is 9.95. The average Bonchev–Trinajstić information content (AvgIpc) is 2.85. The van der Waals surface area contributed by atoms with Crippen molar-refractivity contribution >= 4 is 28.9 Å². The van der Waals surface area contributed by atoms with E-state index in [4.69, 9.17) is 28.9 Å². The van der Waals surface area contributed by atoms with Gasteiger partial charge in [-0.05, 0) is 31.9 Å². The first-order valence-corrected chi connectivity index (χ1v) is 8.00. The van der Waals surface area contributed by atoms with Gasteiger partial charge in [0.25, 0.3) is 0 Å². The van der Waals surface area contributed by atoms with E-state index >= 15 is 0 Å². The predicted molar refractivity (Wildman–Crippen MR) is 86.7 cm³/mol. The lowest BCUT2D eigenvalue weighted by molar-refractivity contribution is 0.350. The second-order valence-electron chi connectivity index (χ2n) is 5.58. The van der Waals surface area contributed by atoms with Gasteiger partial charge in [-0.15, -0.1) is 10.2 Å². The number of nitrogen functional groups attached to an aromatic ring is 1. The minimum atomic E-state index is 0.431. The molecule has 1 aliphatic carbocycles. The summed E-state index contributed by atoms with van der Waals surface area (Å²) in [6, 6.07) is 3.89. The summed E-state index contributed by atoms with van der Waals surface area (Å²) in [6.07, 6.45) is 6.10. The summed E-state index contributed by atoms with van der Waals surface area (Å²) < 4.78 is 2.19. The lowest BCUT2D eigenvalue weighted by Crippen LogP contribution is -2.15. The predicted octanol–water partition coefficient (Wildman–Crippen LogP) is 4.65. The monoisotopic (exact) mass is 324 g/mol. The van der Waals surface area contributed by atoms with Crippen molar-refractivity contribution < 1.29 is 0 Å². The number of nitrogens with zero attached hydrogens (tertiary/aromatic N) is 3. The summed E-state index contributed by atoms with van der Waals surface area (Å²) in [4.78, 5) is 0. The summed E-state index contributed by atoms with van der Waals surface area (Å²) in [5.41, 5.74) is 7.39. The van der Waals surface area contributed by atoms with Gasteiger partial charge in [0.2, 0.25) is 0 Å². The molecule has 0 bridgehead atoms. The molecule has 0 spiro atoms. The molecule has 1 aromatic carbocycles. The maximum absolute atomic E-state index is 6.15. The molecule has 3 rings (SSSR count). The van der Waals surface area contributed by atoms with Gasteiger partial charge in [0, 0.05) is 16.6 Å². The summed E-state index contributed by atoms with van der Waals surface area (Å²) in [7, 11) is 0. The Kier molecular flexibility index (Phi) is 4.09. The number of nitrogens with two attached hydrogens (primary N) is 1. The number of aromatic nitrogens is 3. The summed E-state index contributed by atoms with van der Waals surface area (Å²) in [6.45, 7) is 1.98. The number of aryl methyl sites for hydroxylation is 1. The van der Waals surface area contributed by atoms with Crippen molar-refractivity contribution in [2.24, 2.45) is 0 Å². The van der Waals surface area contributed by atoms with Crippen molar-refractivity contribution in [3.63, 3.8) is 0 Å². The van der Waals surface area contributed by atoms with E-state index in [0.717, 1.165) is 30.1 Å². The third-order valence-electron chi connectivity index (χ3n) is 4.14. The first kappa shape index (κ1) is 14.7.